The molecule has 0 nitrogen and oxygen atoms in total. The molecule has 1 aliphatic carbocycles. The molecule has 2 atom stereocenters. The average Bonchev–Trinajstić information content (AvgIpc) is 1.82. The minimum absolute atomic E-state index is 0.0839. The molecule has 0 N–H and O–H groups in total. The van der Waals surface area contributed by atoms with Crippen molar-refractivity contribution in [2.75, 3.05) is 0 Å². The summed E-state index contributed by atoms with van der Waals surface area (Å²) >= 11 is 0. The van der Waals surface area contributed by atoms with Crippen LogP contribution in [0.5, 0.6) is 0 Å². The maximum Gasteiger partial charge on any atom is 0.0300 e. The van der Waals surface area contributed by atoms with E-state index in [-0.39, 0.29) is 5.89 Å². The lowest BCUT2D eigenvalue weighted by Crippen LogP contribution is -1.84. The molecular formula is C7H14. The number of hydrogen-bond acceptors (Lipinski definition) is 0. The topological polar surface area (TPSA) is 0 Å². The Bertz CT molecular complexity index is 86.4. The van der Waals surface area contributed by atoms with Gasteiger partial charge in [-0.2, -0.15) is 0 Å². The molecule has 0 aromatic heterocycles. The van der Waals surface area contributed by atoms with Crippen molar-refractivity contribution in [3.8, 4) is 0 Å². The number of hydrogen-bond donors (Lipinski definition) is 0. The molecule has 1 saturated carbocycles. The van der Waals surface area contributed by atoms with Crippen LogP contribution in [0.2, 0.25) is 0 Å². The zero-order valence-electron chi connectivity index (χ0n) is 6.20. The van der Waals surface area contributed by atoms with E-state index in [9.17, 15) is 0 Å². The fraction of sp³-hybridized carbons (Fsp3) is 1.00. The Kier molecular flexibility index (Phi) is 1.04. The van der Waals surface area contributed by atoms with Gasteiger partial charge < -0.3 is 0 Å². The van der Waals surface area contributed by atoms with Crippen LogP contribution in [0.1, 0.15) is 34.5 Å². The van der Waals surface area contributed by atoms with Crippen LogP contribution in [0.25, 0.3) is 0 Å². The van der Waals surface area contributed by atoms with Gasteiger partial charge in [0.05, 0.1) is 0 Å². The molecule has 0 aromatic carbocycles. The molecule has 7 heavy (non-hydrogen) atoms. The summed E-state index contributed by atoms with van der Waals surface area (Å²) < 4.78 is 7.62. The molecule has 0 heterocycles. The summed E-state index contributed by atoms with van der Waals surface area (Å²) in [4.78, 5) is 0. The molecule has 1 aliphatic rings. The summed E-state index contributed by atoms with van der Waals surface area (Å²) in [7, 11) is 0. The third-order valence-corrected chi connectivity index (χ3v) is 1.76. The van der Waals surface area contributed by atoms with Gasteiger partial charge in [0.15, 0.2) is 0 Å². The maximum absolute atomic E-state index is 7.62. The van der Waals surface area contributed by atoms with E-state index in [1.165, 1.54) is 6.42 Å². The van der Waals surface area contributed by atoms with Crippen molar-refractivity contribution in [2.45, 2.75) is 33.1 Å². The van der Waals surface area contributed by atoms with E-state index in [4.69, 9.17) is 1.37 Å². The van der Waals surface area contributed by atoms with E-state index >= 15 is 0 Å². The quantitative estimate of drug-likeness (QED) is 0.437. The molecule has 0 radical (unpaired) electrons. The van der Waals surface area contributed by atoms with Gasteiger partial charge in [-0.1, -0.05) is 26.7 Å². The predicted octanol–water partition coefficient (Wildman–Crippen LogP) is 2.44. The molecule has 0 amide bonds. The summed E-state index contributed by atoms with van der Waals surface area (Å²) in [6, 6.07) is 0. The monoisotopic (exact) mass is 99.1 g/mol. The van der Waals surface area contributed by atoms with Gasteiger partial charge in [0, 0.05) is 1.37 Å². The summed E-state index contributed by atoms with van der Waals surface area (Å²) in [6.07, 6.45) is 3.47. The van der Waals surface area contributed by atoms with Crippen LogP contribution in [0.4, 0.5) is 0 Å². The first-order valence-corrected chi connectivity index (χ1v) is 3.10. The van der Waals surface area contributed by atoms with Crippen LogP contribution >= 0.6 is 0 Å². The Morgan fingerprint density at radius 1 is 1.43 bits per heavy atom. The van der Waals surface area contributed by atoms with E-state index in [2.05, 4.69) is 6.92 Å². The Labute approximate surface area is 47.3 Å². The zero-order valence-corrected chi connectivity index (χ0v) is 5.20. The lowest BCUT2D eigenvalue weighted by atomic mass is 10.1. The first-order valence-electron chi connectivity index (χ1n) is 3.60. The van der Waals surface area contributed by atoms with Gasteiger partial charge in [-0.3, -0.25) is 0 Å². The summed E-state index contributed by atoms with van der Waals surface area (Å²) in [5.41, 5.74) is 0. The van der Waals surface area contributed by atoms with Crippen molar-refractivity contribution >= 4 is 0 Å². The van der Waals surface area contributed by atoms with Crippen molar-refractivity contribution in [1.82, 2.24) is 0 Å². The summed E-state index contributed by atoms with van der Waals surface area (Å²) in [5, 5.41) is 0. The van der Waals surface area contributed by atoms with Crippen molar-refractivity contribution in [2.24, 2.45) is 11.8 Å². The van der Waals surface area contributed by atoms with E-state index in [0.29, 0.717) is 0 Å². The highest BCUT2D eigenvalue weighted by Gasteiger charge is 2.15. The van der Waals surface area contributed by atoms with Crippen LogP contribution in [0.15, 0.2) is 0 Å². The SMILES string of the molecule is [2H][C@]1(C)CC[C@@H](C)C1. The Hall–Kier alpha value is 0. The molecular weight excluding hydrogens is 84.1 g/mol. The van der Waals surface area contributed by atoms with E-state index in [0.717, 1.165) is 18.8 Å². The van der Waals surface area contributed by atoms with Gasteiger partial charge in [0.2, 0.25) is 0 Å². The molecule has 0 saturated heterocycles. The Morgan fingerprint density at radius 3 is 2.29 bits per heavy atom. The standard InChI is InChI=1S/C7H14/c1-6-3-4-7(2)5-6/h6-7H,3-5H2,1-2H3/t6-,7+/i6D/m0/s1. The predicted molar refractivity (Wildman–Crippen MR) is 32.2 cm³/mol. The largest absolute Gasteiger partial charge is 0.0625 e. The van der Waals surface area contributed by atoms with Crippen LogP contribution in [0.3, 0.4) is 0 Å². The second-order valence-corrected chi connectivity index (χ2v) is 2.81. The molecule has 1 rings (SSSR count). The summed E-state index contributed by atoms with van der Waals surface area (Å²) in [5.74, 6) is 0.719. The maximum atomic E-state index is 7.62. The highest BCUT2D eigenvalue weighted by atomic mass is 14.2. The third-order valence-electron chi connectivity index (χ3n) is 1.76. The second kappa shape index (κ2) is 1.85. The first kappa shape index (κ1) is 3.94. The lowest BCUT2D eigenvalue weighted by Gasteiger charge is -1.96. The van der Waals surface area contributed by atoms with Gasteiger partial charge in [-0.25, -0.2) is 0 Å². The third kappa shape index (κ3) is 1.19. The highest BCUT2D eigenvalue weighted by molar-refractivity contribution is 4.68. The van der Waals surface area contributed by atoms with Gasteiger partial charge in [0.1, 0.15) is 0 Å². The van der Waals surface area contributed by atoms with Gasteiger partial charge >= 0.3 is 0 Å². The van der Waals surface area contributed by atoms with Gasteiger partial charge in [-0.15, -0.1) is 0 Å². The Balaban J connectivity index is 2.44. The minimum Gasteiger partial charge on any atom is -0.0625 e. The minimum atomic E-state index is -0.0839. The molecule has 0 spiro atoms. The van der Waals surface area contributed by atoms with Gasteiger partial charge in [-0.05, 0) is 18.2 Å². The molecule has 0 aromatic rings. The van der Waals surface area contributed by atoms with Crippen LogP contribution in [0, 0.1) is 11.8 Å². The van der Waals surface area contributed by atoms with Crippen molar-refractivity contribution < 1.29 is 1.37 Å². The van der Waals surface area contributed by atoms with Crippen molar-refractivity contribution in [1.29, 1.82) is 0 Å². The number of rotatable bonds is 0. The van der Waals surface area contributed by atoms with Crippen molar-refractivity contribution in [3.63, 3.8) is 0 Å². The van der Waals surface area contributed by atoms with Crippen LogP contribution in [-0.4, -0.2) is 0 Å². The summed E-state index contributed by atoms with van der Waals surface area (Å²) in [6.45, 7) is 4.27. The van der Waals surface area contributed by atoms with Crippen LogP contribution < -0.4 is 0 Å². The second-order valence-electron chi connectivity index (χ2n) is 2.81. The zero-order chi connectivity index (χ0) is 6.20. The van der Waals surface area contributed by atoms with Crippen molar-refractivity contribution in [3.05, 3.63) is 0 Å². The molecule has 0 unspecified atom stereocenters. The fourth-order valence-electron chi connectivity index (χ4n) is 1.29. The van der Waals surface area contributed by atoms with Crippen LogP contribution in [-0.2, 0) is 0 Å². The van der Waals surface area contributed by atoms with E-state index in [1.807, 2.05) is 6.92 Å². The smallest absolute Gasteiger partial charge is 0.0300 e. The normalized spacial score (nSPS) is 54.6. The molecule has 0 aliphatic heterocycles. The molecule has 0 heteroatoms. The first-order chi connectivity index (χ1) is 3.60. The highest BCUT2D eigenvalue weighted by Crippen LogP contribution is 2.29. The Morgan fingerprint density at radius 2 is 2.14 bits per heavy atom. The molecule has 0 bridgehead atoms. The fourth-order valence-corrected chi connectivity index (χ4v) is 1.29. The molecule has 1 fully saturated rings. The van der Waals surface area contributed by atoms with Gasteiger partial charge in [0.25, 0.3) is 0 Å². The average molecular weight is 99.2 g/mol. The lowest BCUT2D eigenvalue weighted by molar-refractivity contribution is 0.555. The van der Waals surface area contributed by atoms with E-state index < -0.39 is 0 Å². The molecule has 42 valence electrons. The van der Waals surface area contributed by atoms with E-state index in [1.54, 1.807) is 0 Å².